The molecular formula is C47H30N2O. The van der Waals surface area contributed by atoms with Crippen LogP contribution in [0.5, 0.6) is 0 Å². The van der Waals surface area contributed by atoms with Crippen molar-refractivity contribution >= 4 is 49.6 Å². The first-order valence-electron chi connectivity index (χ1n) is 17.4. The SMILES string of the molecule is CC1C=Cc2oc3c(-c4cccc(-c5ccc6ccc7ccc(-c8ccc9c%10c(cccc8%10)-c8ccccc8-9)nc7c6n5)c4)cccc3c2C1. The number of fused-ring (bicyclic) bond motifs is 9. The number of hydrogen-bond acceptors (Lipinski definition) is 3. The zero-order valence-electron chi connectivity index (χ0n) is 27.4. The highest BCUT2D eigenvalue weighted by Crippen LogP contribution is 2.49. The van der Waals surface area contributed by atoms with Crippen LogP contribution in [0.15, 0.2) is 144 Å². The van der Waals surface area contributed by atoms with Gasteiger partial charge in [-0.25, -0.2) is 9.97 Å². The highest BCUT2D eigenvalue weighted by Gasteiger charge is 2.23. The lowest BCUT2D eigenvalue weighted by atomic mass is 9.92. The number of nitrogens with zero attached hydrogens (tertiary/aromatic N) is 2. The Bertz CT molecular complexity index is 2900. The Labute approximate surface area is 289 Å². The standard InChI is InChI=1S/C47H30N2O/c1-27-15-24-43-40(25-27)39-14-5-11-32(47(39)50-43)30-7-4-8-31(26-30)41-22-18-28-16-17-29-19-23-42(49-46(29)45(28)48-41)35-20-21-38-34-10-3-2-9-33(34)36-12-6-13-37(35)44(36)38/h2-24,26-27H,25H2,1H3. The van der Waals surface area contributed by atoms with E-state index in [1.165, 1.54) is 44.0 Å². The molecule has 0 radical (unpaired) electrons. The van der Waals surface area contributed by atoms with Crippen LogP contribution in [0.2, 0.25) is 0 Å². The van der Waals surface area contributed by atoms with E-state index in [2.05, 4.69) is 153 Å². The molecule has 3 nitrogen and oxygen atoms in total. The second-order valence-electron chi connectivity index (χ2n) is 13.8. The largest absolute Gasteiger partial charge is 0.456 e. The van der Waals surface area contributed by atoms with Crippen molar-refractivity contribution in [3.05, 3.63) is 151 Å². The first kappa shape index (κ1) is 27.6. The van der Waals surface area contributed by atoms with Crippen molar-refractivity contribution in [3.8, 4) is 55.9 Å². The summed E-state index contributed by atoms with van der Waals surface area (Å²) in [6.07, 6.45) is 5.38. The van der Waals surface area contributed by atoms with Crippen molar-refractivity contribution in [1.82, 2.24) is 9.97 Å². The van der Waals surface area contributed by atoms with Crippen LogP contribution < -0.4 is 0 Å². The molecule has 11 rings (SSSR count). The summed E-state index contributed by atoms with van der Waals surface area (Å²) in [5.41, 5.74) is 15.6. The number of furan rings is 1. The summed E-state index contributed by atoms with van der Waals surface area (Å²) >= 11 is 0. The van der Waals surface area contributed by atoms with Crippen LogP contribution in [0.1, 0.15) is 18.2 Å². The third-order valence-electron chi connectivity index (χ3n) is 10.8. The summed E-state index contributed by atoms with van der Waals surface area (Å²) in [4.78, 5) is 10.6. The van der Waals surface area contributed by atoms with E-state index in [1.807, 2.05) is 0 Å². The normalized spacial score (nSPS) is 14.5. The zero-order valence-corrected chi connectivity index (χ0v) is 27.4. The second kappa shape index (κ2) is 10.3. The third-order valence-corrected chi connectivity index (χ3v) is 10.8. The van der Waals surface area contributed by atoms with E-state index >= 15 is 0 Å². The van der Waals surface area contributed by atoms with E-state index in [4.69, 9.17) is 14.4 Å². The van der Waals surface area contributed by atoms with Crippen LogP contribution in [0.3, 0.4) is 0 Å². The monoisotopic (exact) mass is 638 g/mol. The third kappa shape index (κ3) is 3.98. The fourth-order valence-corrected chi connectivity index (χ4v) is 8.36. The highest BCUT2D eigenvalue weighted by molar-refractivity contribution is 6.18. The van der Waals surface area contributed by atoms with Crippen molar-refractivity contribution < 1.29 is 4.42 Å². The molecule has 0 amide bonds. The van der Waals surface area contributed by atoms with Gasteiger partial charge in [-0.1, -0.05) is 128 Å². The van der Waals surface area contributed by atoms with Crippen LogP contribution in [0.25, 0.3) is 106 Å². The van der Waals surface area contributed by atoms with Crippen molar-refractivity contribution in [2.75, 3.05) is 0 Å². The molecule has 0 spiro atoms. The summed E-state index contributed by atoms with van der Waals surface area (Å²) in [6, 6.07) is 47.9. The second-order valence-corrected chi connectivity index (χ2v) is 13.8. The molecule has 0 fully saturated rings. The molecule has 3 heteroatoms. The summed E-state index contributed by atoms with van der Waals surface area (Å²) in [6.45, 7) is 2.26. The highest BCUT2D eigenvalue weighted by atomic mass is 16.3. The molecule has 2 aliphatic rings. The minimum Gasteiger partial charge on any atom is -0.456 e. The molecule has 6 aromatic carbocycles. The van der Waals surface area contributed by atoms with E-state index in [0.29, 0.717) is 5.92 Å². The summed E-state index contributed by atoms with van der Waals surface area (Å²) in [5.74, 6) is 1.50. The maximum absolute atomic E-state index is 6.47. The number of aromatic nitrogens is 2. The predicted octanol–water partition coefficient (Wildman–Crippen LogP) is 12.5. The minimum absolute atomic E-state index is 0.511. The van der Waals surface area contributed by atoms with Gasteiger partial charge in [-0.15, -0.1) is 0 Å². The lowest BCUT2D eigenvalue weighted by Crippen LogP contribution is -2.00. The fraction of sp³-hybridized carbons (Fsp3) is 0.0638. The van der Waals surface area contributed by atoms with Crippen LogP contribution >= 0.6 is 0 Å². The van der Waals surface area contributed by atoms with E-state index in [1.54, 1.807) is 0 Å². The van der Waals surface area contributed by atoms with Crippen molar-refractivity contribution in [2.24, 2.45) is 5.92 Å². The summed E-state index contributed by atoms with van der Waals surface area (Å²) < 4.78 is 6.47. The Morgan fingerprint density at radius 2 is 1.16 bits per heavy atom. The van der Waals surface area contributed by atoms with Gasteiger partial charge in [-0.05, 0) is 75.2 Å². The smallest absolute Gasteiger partial charge is 0.142 e. The van der Waals surface area contributed by atoms with E-state index < -0.39 is 0 Å². The minimum atomic E-state index is 0.511. The first-order valence-corrected chi connectivity index (χ1v) is 17.4. The van der Waals surface area contributed by atoms with Crippen molar-refractivity contribution in [1.29, 1.82) is 0 Å². The molecule has 0 saturated heterocycles. The molecule has 1 atom stereocenters. The lowest BCUT2D eigenvalue weighted by Gasteiger charge is -2.11. The maximum atomic E-state index is 6.47. The molecule has 0 saturated carbocycles. The van der Waals surface area contributed by atoms with E-state index in [-0.39, 0.29) is 0 Å². The number of pyridine rings is 2. The first-order chi connectivity index (χ1) is 24.7. The molecule has 0 bridgehead atoms. The van der Waals surface area contributed by atoms with Crippen LogP contribution in [0, 0.1) is 5.92 Å². The quantitative estimate of drug-likeness (QED) is 0.181. The summed E-state index contributed by atoms with van der Waals surface area (Å²) in [7, 11) is 0. The predicted molar refractivity (Wildman–Crippen MR) is 207 cm³/mol. The Morgan fingerprint density at radius 1 is 0.540 bits per heavy atom. The van der Waals surface area contributed by atoms with Gasteiger partial charge < -0.3 is 4.42 Å². The van der Waals surface area contributed by atoms with E-state index in [0.717, 1.165) is 73.2 Å². The number of rotatable bonds is 3. The average Bonchev–Trinajstić information content (AvgIpc) is 3.71. The molecule has 3 heterocycles. The Kier molecular flexibility index (Phi) is 5.71. The van der Waals surface area contributed by atoms with Gasteiger partial charge in [0.05, 0.1) is 22.4 Å². The van der Waals surface area contributed by atoms with Gasteiger partial charge in [0.15, 0.2) is 0 Å². The number of para-hydroxylation sites is 1. The van der Waals surface area contributed by atoms with Gasteiger partial charge >= 0.3 is 0 Å². The zero-order chi connectivity index (χ0) is 32.9. The molecule has 1 unspecified atom stereocenters. The Balaban J connectivity index is 1.04. The van der Waals surface area contributed by atoms with Gasteiger partial charge in [-0.2, -0.15) is 0 Å². The number of allylic oxidation sites excluding steroid dienone is 1. The fourth-order valence-electron chi connectivity index (χ4n) is 8.36. The number of hydrogen-bond donors (Lipinski definition) is 0. The lowest BCUT2D eigenvalue weighted by molar-refractivity contribution is 0.585. The molecule has 9 aromatic rings. The van der Waals surface area contributed by atoms with Gasteiger partial charge in [0.2, 0.25) is 0 Å². The van der Waals surface area contributed by atoms with Gasteiger partial charge in [0.1, 0.15) is 11.3 Å². The Hall–Kier alpha value is -6.32. The van der Waals surface area contributed by atoms with E-state index in [9.17, 15) is 0 Å². The molecule has 0 aliphatic heterocycles. The Morgan fingerprint density at radius 3 is 1.98 bits per heavy atom. The average molecular weight is 639 g/mol. The molecule has 0 N–H and O–H groups in total. The molecule has 2 aliphatic carbocycles. The molecule has 3 aromatic heterocycles. The van der Waals surface area contributed by atoms with Crippen LogP contribution in [0.4, 0.5) is 0 Å². The maximum Gasteiger partial charge on any atom is 0.142 e. The molecular weight excluding hydrogens is 609 g/mol. The van der Waals surface area contributed by atoms with Gasteiger partial charge in [0, 0.05) is 38.4 Å². The van der Waals surface area contributed by atoms with Crippen LogP contribution in [-0.4, -0.2) is 9.97 Å². The van der Waals surface area contributed by atoms with Crippen molar-refractivity contribution in [3.63, 3.8) is 0 Å². The van der Waals surface area contributed by atoms with Crippen molar-refractivity contribution in [2.45, 2.75) is 13.3 Å². The molecule has 50 heavy (non-hydrogen) atoms. The topological polar surface area (TPSA) is 38.9 Å². The molecule has 234 valence electrons. The van der Waals surface area contributed by atoms with Crippen LogP contribution in [-0.2, 0) is 6.42 Å². The van der Waals surface area contributed by atoms with Gasteiger partial charge in [0.25, 0.3) is 0 Å². The number of benzene rings is 6. The van der Waals surface area contributed by atoms with Gasteiger partial charge in [-0.3, -0.25) is 0 Å². The summed E-state index contributed by atoms with van der Waals surface area (Å²) in [5, 5.41) is 5.90.